The highest BCUT2D eigenvalue weighted by Crippen LogP contribution is 2.30. The second-order valence-corrected chi connectivity index (χ2v) is 5.78. The summed E-state index contributed by atoms with van der Waals surface area (Å²) in [6, 6.07) is 14.4. The van der Waals surface area contributed by atoms with Gasteiger partial charge in [0.2, 0.25) is 0 Å². The van der Waals surface area contributed by atoms with Crippen molar-refractivity contribution in [2.24, 2.45) is 5.16 Å². The second-order valence-electron chi connectivity index (χ2n) is 5.07. The lowest BCUT2D eigenvalue weighted by Gasteiger charge is -2.16. The highest BCUT2D eigenvalue weighted by Gasteiger charge is 2.34. The molecule has 0 N–H and O–H groups in total. The van der Waals surface area contributed by atoms with Gasteiger partial charge in [-0.15, -0.1) is 11.6 Å². The van der Waals surface area contributed by atoms with Crippen molar-refractivity contribution in [2.45, 2.75) is 6.54 Å². The maximum absolute atomic E-state index is 12.7. The van der Waals surface area contributed by atoms with Crippen LogP contribution < -0.4 is 4.90 Å². The lowest BCUT2D eigenvalue weighted by Crippen LogP contribution is -2.29. The standard InChI is InChI=1S/C17H12Cl2N2O3/c18-9-15(22)24-20-16-13-3-1-2-4-14(13)21(17(16)23)10-11-5-7-12(19)8-6-11/h1-8H,9-10H2. The van der Waals surface area contributed by atoms with Crippen LogP contribution in [0.5, 0.6) is 0 Å². The largest absolute Gasteiger partial charge is 0.349 e. The van der Waals surface area contributed by atoms with Crippen LogP contribution >= 0.6 is 23.2 Å². The van der Waals surface area contributed by atoms with Gasteiger partial charge in [0.05, 0.1) is 12.2 Å². The van der Waals surface area contributed by atoms with Crippen molar-refractivity contribution in [1.82, 2.24) is 0 Å². The SMILES string of the molecule is O=C(CCl)ON=C1C(=O)N(Cc2ccc(Cl)cc2)c2ccccc21. The van der Waals surface area contributed by atoms with Crippen LogP contribution in [0, 0.1) is 0 Å². The molecule has 0 bridgehead atoms. The summed E-state index contributed by atoms with van der Waals surface area (Å²) in [5.74, 6) is -1.39. The molecule has 0 spiro atoms. The number of hydrogen-bond acceptors (Lipinski definition) is 4. The van der Waals surface area contributed by atoms with Gasteiger partial charge < -0.3 is 9.74 Å². The van der Waals surface area contributed by atoms with Gasteiger partial charge in [0.25, 0.3) is 5.91 Å². The first-order valence-corrected chi connectivity index (χ1v) is 8.01. The number of oxime groups is 1. The molecule has 0 saturated heterocycles. The number of anilines is 1. The average molecular weight is 363 g/mol. The van der Waals surface area contributed by atoms with Crippen molar-refractivity contribution in [1.29, 1.82) is 0 Å². The van der Waals surface area contributed by atoms with Crippen molar-refractivity contribution < 1.29 is 14.4 Å². The van der Waals surface area contributed by atoms with E-state index in [0.717, 1.165) is 5.56 Å². The summed E-state index contributed by atoms with van der Waals surface area (Å²) < 4.78 is 0. The number of benzene rings is 2. The van der Waals surface area contributed by atoms with Crippen LogP contribution in [0.15, 0.2) is 53.7 Å². The van der Waals surface area contributed by atoms with Crippen LogP contribution in [-0.2, 0) is 21.0 Å². The second kappa shape index (κ2) is 7.03. The maximum atomic E-state index is 12.7. The summed E-state index contributed by atoms with van der Waals surface area (Å²) in [5, 5.41) is 4.32. The molecule has 0 aliphatic carbocycles. The molecular formula is C17H12Cl2N2O3. The van der Waals surface area contributed by atoms with E-state index in [2.05, 4.69) is 9.99 Å². The third kappa shape index (κ3) is 3.27. The molecule has 24 heavy (non-hydrogen) atoms. The average Bonchev–Trinajstić information content (AvgIpc) is 2.86. The first kappa shape index (κ1) is 16.5. The van der Waals surface area contributed by atoms with Gasteiger partial charge in [0.15, 0.2) is 5.71 Å². The zero-order chi connectivity index (χ0) is 17.1. The molecule has 0 aromatic heterocycles. The molecule has 5 nitrogen and oxygen atoms in total. The third-order valence-corrected chi connectivity index (χ3v) is 3.97. The molecule has 2 aromatic rings. The molecule has 122 valence electrons. The first-order valence-electron chi connectivity index (χ1n) is 7.09. The van der Waals surface area contributed by atoms with Gasteiger partial charge in [0.1, 0.15) is 5.88 Å². The van der Waals surface area contributed by atoms with Crippen molar-refractivity contribution >= 4 is 46.5 Å². The number of hydrogen-bond donors (Lipinski definition) is 0. The lowest BCUT2D eigenvalue weighted by atomic mass is 10.1. The number of para-hydroxylation sites is 1. The highest BCUT2D eigenvalue weighted by molar-refractivity contribution is 6.54. The van der Waals surface area contributed by atoms with Crippen LogP contribution in [0.1, 0.15) is 11.1 Å². The van der Waals surface area contributed by atoms with E-state index in [1.807, 2.05) is 24.3 Å². The van der Waals surface area contributed by atoms with E-state index < -0.39 is 5.97 Å². The summed E-state index contributed by atoms with van der Waals surface area (Å²) in [6.45, 7) is 0.357. The van der Waals surface area contributed by atoms with E-state index in [1.165, 1.54) is 0 Å². The monoisotopic (exact) mass is 362 g/mol. The highest BCUT2D eigenvalue weighted by atomic mass is 35.5. The van der Waals surface area contributed by atoms with Gasteiger partial charge in [-0.2, -0.15) is 0 Å². The van der Waals surface area contributed by atoms with Gasteiger partial charge in [0, 0.05) is 10.6 Å². The Balaban J connectivity index is 1.92. The van der Waals surface area contributed by atoms with E-state index in [4.69, 9.17) is 23.2 Å². The van der Waals surface area contributed by atoms with Crippen molar-refractivity contribution in [3.8, 4) is 0 Å². The van der Waals surface area contributed by atoms with E-state index in [9.17, 15) is 9.59 Å². The van der Waals surface area contributed by atoms with Crippen LogP contribution in [-0.4, -0.2) is 23.5 Å². The van der Waals surface area contributed by atoms with Gasteiger partial charge in [-0.1, -0.05) is 47.1 Å². The summed E-state index contributed by atoms with van der Waals surface area (Å²) in [5.41, 5.74) is 2.32. The number of carbonyl (C=O) groups is 2. The number of rotatable bonds is 4. The number of carbonyl (C=O) groups excluding carboxylic acids is 2. The predicted molar refractivity (Wildman–Crippen MR) is 92.4 cm³/mol. The van der Waals surface area contributed by atoms with Crippen molar-refractivity contribution in [3.63, 3.8) is 0 Å². The summed E-state index contributed by atoms with van der Waals surface area (Å²) in [4.78, 5) is 30.1. The summed E-state index contributed by atoms with van der Waals surface area (Å²) in [6.07, 6.45) is 0. The van der Waals surface area contributed by atoms with Gasteiger partial charge in [-0.25, -0.2) is 4.79 Å². The molecule has 1 aliphatic rings. The topological polar surface area (TPSA) is 59.0 Å². The van der Waals surface area contributed by atoms with Gasteiger partial charge in [-0.05, 0) is 23.8 Å². The minimum atomic E-state index is -0.717. The molecule has 0 saturated carbocycles. The fraction of sp³-hybridized carbons (Fsp3) is 0.118. The number of halogens is 2. The van der Waals surface area contributed by atoms with Crippen LogP contribution in [0.3, 0.4) is 0 Å². The Morgan fingerprint density at radius 2 is 1.83 bits per heavy atom. The van der Waals surface area contributed by atoms with E-state index >= 15 is 0 Å². The van der Waals surface area contributed by atoms with Crippen molar-refractivity contribution in [2.75, 3.05) is 10.8 Å². The van der Waals surface area contributed by atoms with Gasteiger partial charge in [-0.3, -0.25) is 4.79 Å². The predicted octanol–water partition coefficient (Wildman–Crippen LogP) is 3.37. The Bertz CT molecular complexity index is 819. The normalized spacial score (nSPS) is 14.8. The number of amides is 1. The Kier molecular flexibility index (Phi) is 4.83. The summed E-state index contributed by atoms with van der Waals surface area (Å²) >= 11 is 11.3. The first-order chi connectivity index (χ1) is 11.6. The zero-order valence-electron chi connectivity index (χ0n) is 12.4. The van der Waals surface area contributed by atoms with E-state index in [-0.39, 0.29) is 17.5 Å². The molecule has 7 heteroatoms. The lowest BCUT2D eigenvalue weighted by molar-refractivity contribution is -0.140. The molecule has 1 amide bonds. The molecule has 0 fully saturated rings. The minimum absolute atomic E-state index is 0.0815. The Hall–Kier alpha value is -2.37. The van der Waals surface area contributed by atoms with Crippen LogP contribution in [0.4, 0.5) is 5.69 Å². The zero-order valence-corrected chi connectivity index (χ0v) is 13.9. The molecule has 2 aromatic carbocycles. The third-order valence-electron chi connectivity index (χ3n) is 3.50. The summed E-state index contributed by atoms with van der Waals surface area (Å²) in [7, 11) is 0. The smallest absolute Gasteiger partial charge is 0.316 e. The molecular weight excluding hydrogens is 351 g/mol. The molecule has 1 heterocycles. The fourth-order valence-corrected chi connectivity index (χ4v) is 2.58. The number of alkyl halides is 1. The van der Waals surface area contributed by atoms with Crippen LogP contribution in [0.25, 0.3) is 0 Å². The molecule has 0 unspecified atom stereocenters. The Morgan fingerprint density at radius 3 is 2.54 bits per heavy atom. The fourth-order valence-electron chi connectivity index (χ4n) is 2.40. The van der Waals surface area contributed by atoms with E-state index in [0.29, 0.717) is 22.8 Å². The molecule has 1 aliphatic heterocycles. The van der Waals surface area contributed by atoms with E-state index in [1.54, 1.807) is 29.2 Å². The maximum Gasteiger partial charge on any atom is 0.349 e. The molecule has 0 atom stereocenters. The Labute approximate surface area is 148 Å². The number of fused-ring (bicyclic) bond motifs is 1. The van der Waals surface area contributed by atoms with Crippen molar-refractivity contribution in [3.05, 3.63) is 64.7 Å². The Morgan fingerprint density at radius 1 is 1.12 bits per heavy atom. The molecule has 3 rings (SSSR count). The van der Waals surface area contributed by atoms with Crippen LogP contribution in [0.2, 0.25) is 5.02 Å². The quantitative estimate of drug-likeness (QED) is 0.475. The number of nitrogens with zero attached hydrogens (tertiary/aromatic N) is 2. The molecule has 0 radical (unpaired) electrons. The minimum Gasteiger partial charge on any atom is -0.316 e. The van der Waals surface area contributed by atoms with Gasteiger partial charge >= 0.3 is 5.97 Å².